The molecule has 0 N–H and O–H groups in total. The fourth-order valence-corrected chi connectivity index (χ4v) is 1.07. The molecule has 0 amide bonds. The fraction of sp³-hybridized carbons (Fsp3) is 0.111. The lowest BCUT2D eigenvalue weighted by Crippen LogP contribution is -1.90. The number of hydrogen-bond acceptors (Lipinski definition) is 2. The summed E-state index contributed by atoms with van der Waals surface area (Å²) in [4.78, 5) is 9.97. The molecule has 0 aliphatic rings. The molecule has 0 saturated carbocycles. The molecule has 4 heteroatoms. The summed E-state index contributed by atoms with van der Waals surface area (Å²) in [5.74, 6) is 0.279. The van der Waals surface area contributed by atoms with Crippen molar-refractivity contribution in [2.24, 2.45) is 0 Å². The maximum absolute atomic E-state index is 10.4. The zero-order valence-corrected chi connectivity index (χ0v) is 7.62. The molecule has 1 aromatic carbocycles. The van der Waals surface area contributed by atoms with E-state index >= 15 is 0 Å². The zero-order valence-electron chi connectivity index (χ0n) is 6.87. The van der Waals surface area contributed by atoms with E-state index in [1.807, 2.05) is 0 Å². The Kier molecular flexibility index (Phi) is 3.03. The summed E-state index contributed by atoms with van der Waals surface area (Å²) in [6.45, 7) is 3.69. The number of hydrogen-bond donors (Lipinski definition) is 0. The molecular weight excluding hydrogens is 190 g/mol. The highest BCUT2D eigenvalue weighted by atomic mass is 35.5. The predicted octanol–water partition coefficient (Wildman–Crippen LogP) is 2.85. The van der Waals surface area contributed by atoms with Crippen LogP contribution in [-0.2, 0) is 0 Å². The quantitative estimate of drug-likeness (QED) is 0.425. The van der Waals surface area contributed by atoms with Gasteiger partial charge in [0, 0.05) is 18.0 Å². The molecule has 0 radical (unpaired) electrons. The summed E-state index contributed by atoms with van der Waals surface area (Å²) in [6, 6.07) is 6.26. The largest absolute Gasteiger partial charge is 0.270 e. The Hall–Kier alpha value is -1.35. The summed E-state index contributed by atoms with van der Waals surface area (Å²) in [5.41, 5.74) is 1.46. The first-order valence-electron chi connectivity index (χ1n) is 3.63. The topological polar surface area (TPSA) is 43.1 Å². The van der Waals surface area contributed by atoms with Crippen molar-refractivity contribution in [2.45, 2.75) is 0 Å². The van der Waals surface area contributed by atoms with Gasteiger partial charge in [0.15, 0.2) is 0 Å². The number of allylic oxidation sites excluding steroid dienone is 1. The van der Waals surface area contributed by atoms with Gasteiger partial charge in [-0.15, -0.1) is 11.6 Å². The molecule has 0 aromatic heterocycles. The van der Waals surface area contributed by atoms with Crippen LogP contribution in [0.3, 0.4) is 0 Å². The van der Waals surface area contributed by atoms with E-state index in [-0.39, 0.29) is 11.6 Å². The summed E-state index contributed by atoms with van der Waals surface area (Å²) >= 11 is 5.55. The molecular formula is C9H8ClNO2. The lowest BCUT2D eigenvalue weighted by molar-refractivity contribution is -0.384. The van der Waals surface area contributed by atoms with Crippen LogP contribution >= 0.6 is 11.6 Å². The molecule has 68 valence electrons. The molecule has 0 aliphatic heterocycles. The molecule has 1 rings (SSSR count). The molecule has 1 aromatic rings. The second kappa shape index (κ2) is 4.05. The van der Waals surface area contributed by atoms with Crippen LogP contribution in [0.25, 0.3) is 5.57 Å². The highest BCUT2D eigenvalue weighted by Crippen LogP contribution is 2.19. The minimum atomic E-state index is -0.439. The first-order valence-corrected chi connectivity index (χ1v) is 4.17. The second-order valence-electron chi connectivity index (χ2n) is 2.54. The molecule has 3 nitrogen and oxygen atoms in total. The normalized spacial score (nSPS) is 9.62. The van der Waals surface area contributed by atoms with Crippen LogP contribution in [-0.4, -0.2) is 10.8 Å². The Labute approximate surface area is 80.8 Å². The number of non-ortho nitro benzene ring substituents is 1. The SMILES string of the molecule is C=C(CCl)c1cccc([N+](=O)[O-])c1. The van der Waals surface area contributed by atoms with E-state index in [1.54, 1.807) is 12.1 Å². The molecule has 0 saturated heterocycles. The van der Waals surface area contributed by atoms with Crippen LogP contribution in [0.15, 0.2) is 30.8 Å². The molecule has 0 spiro atoms. The lowest BCUT2D eigenvalue weighted by atomic mass is 10.1. The van der Waals surface area contributed by atoms with Crippen LogP contribution in [0.1, 0.15) is 5.56 Å². The maximum atomic E-state index is 10.4. The average molecular weight is 198 g/mol. The first kappa shape index (κ1) is 9.74. The molecule has 0 unspecified atom stereocenters. The zero-order chi connectivity index (χ0) is 9.84. The van der Waals surface area contributed by atoms with E-state index in [9.17, 15) is 10.1 Å². The number of nitro benzene ring substituents is 1. The third-order valence-corrected chi connectivity index (χ3v) is 1.95. The van der Waals surface area contributed by atoms with E-state index in [0.717, 1.165) is 0 Å². The Morgan fingerprint density at radius 1 is 1.62 bits per heavy atom. The minimum Gasteiger partial charge on any atom is -0.258 e. The van der Waals surface area contributed by atoms with Crippen molar-refractivity contribution in [3.63, 3.8) is 0 Å². The van der Waals surface area contributed by atoms with Gasteiger partial charge in [0.25, 0.3) is 5.69 Å². The molecule has 0 heterocycles. The van der Waals surface area contributed by atoms with E-state index in [0.29, 0.717) is 11.1 Å². The second-order valence-corrected chi connectivity index (χ2v) is 2.81. The van der Waals surface area contributed by atoms with Gasteiger partial charge in [-0.3, -0.25) is 10.1 Å². The van der Waals surface area contributed by atoms with Crippen LogP contribution < -0.4 is 0 Å². The van der Waals surface area contributed by atoms with Crippen molar-refractivity contribution in [3.05, 3.63) is 46.5 Å². The molecule has 0 fully saturated rings. The Bertz CT molecular complexity index is 349. The molecule has 0 bridgehead atoms. The number of alkyl halides is 1. The third kappa shape index (κ3) is 2.29. The van der Waals surface area contributed by atoms with Crippen molar-refractivity contribution < 1.29 is 4.92 Å². The summed E-state index contributed by atoms with van der Waals surface area (Å²) < 4.78 is 0. The Balaban J connectivity index is 3.05. The number of benzene rings is 1. The van der Waals surface area contributed by atoms with Gasteiger partial charge >= 0.3 is 0 Å². The van der Waals surface area contributed by atoms with E-state index < -0.39 is 4.92 Å². The van der Waals surface area contributed by atoms with Gasteiger partial charge in [-0.05, 0) is 11.1 Å². The van der Waals surface area contributed by atoms with Gasteiger partial charge in [-0.25, -0.2) is 0 Å². The van der Waals surface area contributed by atoms with Gasteiger partial charge in [0.1, 0.15) is 0 Å². The first-order chi connectivity index (χ1) is 6.15. The van der Waals surface area contributed by atoms with Crippen molar-refractivity contribution >= 4 is 22.9 Å². The number of rotatable bonds is 3. The van der Waals surface area contributed by atoms with Crippen LogP contribution in [0.4, 0.5) is 5.69 Å². The summed E-state index contributed by atoms with van der Waals surface area (Å²) in [5, 5.41) is 10.4. The maximum Gasteiger partial charge on any atom is 0.270 e. The standard InChI is InChI=1S/C9H8ClNO2/c1-7(6-10)8-3-2-4-9(5-8)11(12)13/h2-5H,1,6H2. The van der Waals surface area contributed by atoms with Crippen LogP contribution in [0, 0.1) is 10.1 Å². The summed E-state index contributed by atoms with van der Waals surface area (Å²) in [7, 11) is 0. The van der Waals surface area contributed by atoms with Gasteiger partial charge in [-0.2, -0.15) is 0 Å². The Morgan fingerprint density at radius 3 is 2.85 bits per heavy atom. The highest BCUT2D eigenvalue weighted by Gasteiger charge is 2.06. The molecule has 0 aliphatic carbocycles. The smallest absolute Gasteiger partial charge is 0.258 e. The van der Waals surface area contributed by atoms with Crippen LogP contribution in [0.5, 0.6) is 0 Å². The summed E-state index contributed by atoms with van der Waals surface area (Å²) in [6.07, 6.45) is 0. The third-order valence-electron chi connectivity index (χ3n) is 1.63. The van der Waals surface area contributed by atoms with E-state index in [1.165, 1.54) is 12.1 Å². The minimum absolute atomic E-state index is 0.0590. The van der Waals surface area contributed by atoms with Gasteiger partial charge in [0.05, 0.1) is 4.92 Å². The van der Waals surface area contributed by atoms with E-state index in [4.69, 9.17) is 11.6 Å². The monoisotopic (exact) mass is 197 g/mol. The van der Waals surface area contributed by atoms with Crippen LogP contribution in [0.2, 0.25) is 0 Å². The Morgan fingerprint density at radius 2 is 2.31 bits per heavy atom. The number of nitro groups is 1. The number of nitrogens with zero attached hydrogens (tertiary/aromatic N) is 1. The molecule has 13 heavy (non-hydrogen) atoms. The fourth-order valence-electron chi connectivity index (χ4n) is 0.917. The molecule has 0 atom stereocenters. The van der Waals surface area contributed by atoms with Crippen molar-refractivity contribution in [1.82, 2.24) is 0 Å². The number of halogens is 1. The van der Waals surface area contributed by atoms with Crippen molar-refractivity contribution in [2.75, 3.05) is 5.88 Å². The van der Waals surface area contributed by atoms with Crippen molar-refractivity contribution in [3.8, 4) is 0 Å². The highest BCUT2D eigenvalue weighted by molar-refractivity contribution is 6.23. The van der Waals surface area contributed by atoms with E-state index in [2.05, 4.69) is 6.58 Å². The van der Waals surface area contributed by atoms with Gasteiger partial charge < -0.3 is 0 Å². The van der Waals surface area contributed by atoms with Gasteiger partial charge in [-0.1, -0.05) is 18.7 Å². The predicted molar refractivity (Wildman–Crippen MR) is 52.9 cm³/mol. The average Bonchev–Trinajstić information content (AvgIpc) is 2.17. The van der Waals surface area contributed by atoms with Gasteiger partial charge in [0.2, 0.25) is 0 Å². The van der Waals surface area contributed by atoms with Crippen molar-refractivity contribution in [1.29, 1.82) is 0 Å². The lowest BCUT2D eigenvalue weighted by Gasteiger charge is -2.00.